The van der Waals surface area contributed by atoms with Crippen molar-refractivity contribution in [2.24, 2.45) is 5.92 Å². The number of hydrogen-bond acceptors (Lipinski definition) is 5. The van der Waals surface area contributed by atoms with Gasteiger partial charge in [0.1, 0.15) is 0 Å². The van der Waals surface area contributed by atoms with E-state index in [0.29, 0.717) is 31.5 Å². The first kappa shape index (κ1) is 16.8. The molecular formula is C19H23N5O2. The lowest BCUT2D eigenvalue weighted by molar-refractivity contribution is -0.132. The summed E-state index contributed by atoms with van der Waals surface area (Å²) in [7, 11) is 0. The van der Waals surface area contributed by atoms with Crippen LogP contribution in [0.15, 0.2) is 29.1 Å². The molecule has 136 valence electrons. The summed E-state index contributed by atoms with van der Waals surface area (Å²) in [5.41, 5.74) is 2.87. The molecule has 7 heteroatoms. The van der Waals surface area contributed by atoms with Crippen LogP contribution in [-0.4, -0.2) is 45.0 Å². The molecule has 1 N–H and O–H groups in total. The van der Waals surface area contributed by atoms with Crippen molar-refractivity contribution in [2.75, 3.05) is 25.0 Å². The molecule has 26 heavy (non-hydrogen) atoms. The van der Waals surface area contributed by atoms with Crippen molar-refractivity contribution in [3.8, 4) is 0 Å². The minimum atomic E-state index is 0.0502. The van der Waals surface area contributed by atoms with Gasteiger partial charge in [0.25, 0.3) is 5.56 Å². The van der Waals surface area contributed by atoms with Gasteiger partial charge in [0.05, 0.1) is 6.54 Å². The quantitative estimate of drug-likeness (QED) is 0.900. The zero-order valence-corrected chi connectivity index (χ0v) is 15.1. The van der Waals surface area contributed by atoms with Crippen molar-refractivity contribution in [3.05, 3.63) is 51.7 Å². The molecule has 0 saturated carbocycles. The first-order chi connectivity index (χ1) is 12.5. The summed E-state index contributed by atoms with van der Waals surface area (Å²) in [5.74, 6) is 1.11. The number of piperidine rings is 1. The highest BCUT2D eigenvalue weighted by atomic mass is 16.2. The van der Waals surface area contributed by atoms with E-state index >= 15 is 0 Å². The van der Waals surface area contributed by atoms with Crippen LogP contribution in [0.4, 0.5) is 5.95 Å². The zero-order chi connectivity index (χ0) is 18.3. The predicted octanol–water partition coefficient (Wildman–Crippen LogP) is 1.31. The molecule has 2 aromatic heterocycles. The van der Waals surface area contributed by atoms with E-state index in [-0.39, 0.29) is 23.9 Å². The molecule has 0 radical (unpaired) electrons. The largest absolute Gasteiger partial charge is 0.345 e. The fourth-order valence-corrected chi connectivity index (χ4v) is 4.17. The summed E-state index contributed by atoms with van der Waals surface area (Å²) in [6, 6.07) is 7.34. The van der Waals surface area contributed by atoms with E-state index < -0.39 is 0 Å². The molecule has 1 fully saturated rings. The summed E-state index contributed by atoms with van der Waals surface area (Å²) in [6.45, 7) is 6.06. The van der Waals surface area contributed by atoms with Crippen molar-refractivity contribution in [1.29, 1.82) is 0 Å². The molecule has 1 amide bonds. The Hall–Kier alpha value is -2.70. The van der Waals surface area contributed by atoms with Crippen molar-refractivity contribution in [3.63, 3.8) is 0 Å². The number of carbonyl (C=O) groups is 1. The summed E-state index contributed by atoms with van der Waals surface area (Å²) >= 11 is 0. The van der Waals surface area contributed by atoms with E-state index in [2.05, 4.69) is 15.3 Å². The number of nitrogens with zero attached hydrogens (tertiary/aromatic N) is 4. The minimum absolute atomic E-state index is 0.0502. The Morgan fingerprint density at radius 3 is 2.73 bits per heavy atom. The van der Waals surface area contributed by atoms with Crippen molar-refractivity contribution >= 4 is 11.9 Å². The van der Waals surface area contributed by atoms with E-state index in [9.17, 15) is 9.59 Å². The summed E-state index contributed by atoms with van der Waals surface area (Å²) < 4.78 is 1.88. The second-order valence-corrected chi connectivity index (χ2v) is 7.32. The number of rotatable bonds is 3. The standard InChI is InChI=1S/C19H23N5O2/c1-12-6-13(2)22-19(21-12)20-8-18(26)23-9-14-7-15(11-23)16-4-3-5-17(25)24(16)10-14/h3-6,14-15H,7-11H2,1-2H3,(H,20,21,22). The molecule has 0 spiro atoms. The Labute approximate surface area is 152 Å². The van der Waals surface area contributed by atoms with Gasteiger partial charge in [-0.1, -0.05) is 6.07 Å². The smallest absolute Gasteiger partial charge is 0.250 e. The predicted molar refractivity (Wildman–Crippen MR) is 98.1 cm³/mol. The number of anilines is 1. The first-order valence-corrected chi connectivity index (χ1v) is 9.03. The minimum Gasteiger partial charge on any atom is -0.345 e. The number of aryl methyl sites for hydroxylation is 2. The monoisotopic (exact) mass is 353 g/mol. The number of hydrogen-bond donors (Lipinski definition) is 1. The SMILES string of the molecule is Cc1cc(C)nc(NCC(=O)N2CC3CC(C2)c2cccc(=O)n2C3)n1. The zero-order valence-electron chi connectivity index (χ0n) is 15.1. The molecule has 4 rings (SSSR count). The fourth-order valence-electron chi connectivity index (χ4n) is 4.17. The second kappa shape index (κ2) is 6.55. The lowest BCUT2D eigenvalue weighted by Gasteiger charge is -2.42. The average molecular weight is 353 g/mol. The van der Waals surface area contributed by atoms with Crippen LogP contribution in [0.5, 0.6) is 0 Å². The van der Waals surface area contributed by atoms with Crippen LogP contribution in [0.2, 0.25) is 0 Å². The van der Waals surface area contributed by atoms with Crippen molar-refractivity contribution in [2.45, 2.75) is 32.7 Å². The number of pyridine rings is 1. The van der Waals surface area contributed by atoms with Gasteiger partial charge in [-0.2, -0.15) is 0 Å². The third-order valence-corrected chi connectivity index (χ3v) is 5.21. The summed E-state index contributed by atoms with van der Waals surface area (Å²) in [5, 5.41) is 3.05. The Morgan fingerprint density at radius 2 is 1.96 bits per heavy atom. The van der Waals surface area contributed by atoms with Crippen molar-refractivity contribution in [1.82, 2.24) is 19.4 Å². The Morgan fingerprint density at radius 1 is 1.19 bits per heavy atom. The van der Waals surface area contributed by atoms with Crippen LogP contribution in [0.1, 0.15) is 29.4 Å². The lowest BCUT2D eigenvalue weighted by atomic mass is 9.83. The number of nitrogens with one attached hydrogen (secondary N) is 1. The lowest BCUT2D eigenvalue weighted by Crippen LogP contribution is -2.50. The molecule has 2 aliphatic rings. The highest BCUT2D eigenvalue weighted by Crippen LogP contribution is 2.34. The van der Waals surface area contributed by atoms with Crippen LogP contribution in [0.3, 0.4) is 0 Å². The highest BCUT2D eigenvalue weighted by Gasteiger charge is 2.36. The molecule has 2 atom stereocenters. The molecule has 2 aromatic rings. The Balaban J connectivity index is 1.45. The molecule has 7 nitrogen and oxygen atoms in total. The van der Waals surface area contributed by atoms with E-state index in [1.165, 1.54) is 0 Å². The van der Waals surface area contributed by atoms with Gasteiger partial charge in [0, 0.05) is 48.7 Å². The summed E-state index contributed by atoms with van der Waals surface area (Å²) in [4.78, 5) is 35.3. The third kappa shape index (κ3) is 3.21. The van der Waals surface area contributed by atoms with Gasteiger partial charge in [0.2, 0.25) is 11.9 Å². The fraction of sp³-hybridized carbons (Fsp3) is 0.474. The molecule has 0 aromatic carbocycles. The highest BCUT2D eigenvalue weighted by molar-refractivity contribution is 5.80. The summed E-state index contributed by atoms with van der Waals surface area (Å²) in [6.07, 6.45) is 1.04. The van der Waals surface area contributed by atoms with Crippen LogP contribution < -0.4 is 10.9 Å². The number of likely N-dealkylation sites (tertiary alicyclic amines) is 1. The normalized spacial score (nSPS) is 21.2. The molecule has 1 saturated heterocycles. The number of amides is 1. The maximum atomic E-state index is 12.7. The molecular weight excluding hydrogens is 330 g/mol. The number of fused-ring (bicyclic) bond motifs is 4. The number of aromatic nitrogens is 3. The van der Waals surface area contributed by atoms with Crippen LogP contribution in [0, 0.1) is 19.8 Å². The van der Waals surface area contributed by atoms with E-state index in [1.807, 2.05) is 41.5 Å². The van der Waals surface area contributed by atoms with E-state index in [0.717, 1.165) is 23.5 Å². The van der Waals surface area contributed by atoms with Gasteiger partial charge in [-0.3, -0.25) is 9.59 Å². The number of carbonyl (C=O) groups excluding carboxylic acids is 1. The molecule has 2 unspecified atom stereocenters. The topological polar surface area (TPSA) is 80.1 Å². The maximum Gasteiger partial charge on any atom is 0.250 e. The van der Waals surface area contributed by atoms with Crippen LogP contribution in [0.25, 0.3) is 0 Å². The van der Waals surface area contributed by atoms with Gasteiger partial charge >= 0.3 is 0 Å². The third-order valence-electron chi connectivity index (χ3n) is 5.21. The Bertz CT molecular complexity index is 887. The van der Waals surface area contributed by atoms with Gasteiger partial charge in [-0.05, 0) is 38.3 Å². The molecule has 4 heterocycles. The van der Waals surface area contributed by atoms with Crippen LogP contribution in [-0.2, 0) is 11.3 Å². The Kier molecular flexibility index (Phi) is 4.22. The van der Waals surface area contributed by atoms with Gasteiger partial charge in [-0.15, -0.1) is 0 Å². The molecule has 2 aliphatic heterocycles. The maximum absolute atomic E-state index is 12.7. The molecule has 0 aliphatic carbocycles. The van der Waals surface area contributed by atoms with Crippen LogP contribution >= 0.6 is 0 Å². The average Bonchev–Trinajstić information content (AvgIpc) is 2.60. The van der Waals surface area contributed by atoms with E-state index in [4.69, 9.17) is 0 Å². The van der Waals surface area contributed by atoms with Gasteiger partial charge < -0.3 is 14.8 Å². The van der Waals surface area contributed by atoms with Gasteiger partial charge in [-0.25, -0.2) is 9.97 Å². The van der Waals surface area contributed by atoms with Gasteiger partial charge in [0.15, 0.2) is 0 Å². The second-order valence-electron chi connectivity index (χ2n) is 7.32. The van der Waals surface area contributed by atoms with E-state index in [1.54, 1.807) is 6.07 Å². The first-order valence-electron chi connectivity index (χ1n) is 9.03. The van der Waals surface area contributed by atoms with Crippen molar-refractivity contribution < 1.29 is 4.79 Å². The molecule has 2 bridgehead atoms.